The van der Waals surface area contributed by atoms with Gasteiger partial charge in [0.05, 0.1) is 17.8 Å². The number of para-hydroxylation sites is 1. The van der Waals surface area contributed by atoms with Crippen LogP contribution in [-0.4, -0.2) is 21.1 Å². The SMILES string of the molecule is O=c1c(CNCCc2c[nH]c3ccccc23)cc2ccc(F)cc2n1Cc1ccccn1. The molecule has 0 bridgehead atoms. The highest BCUT2D eigenvalue weighted by atomic mass is 19.1. The molecule has 0 saturated carbocycles. The van der Waals surface area contributed by atoms with Crippen LogP contribution in [-0.2, 0) is 19.5 Å². The lowest BCUT2D eigenvalue weighted by molar-refractivity contribution is 0.626. The fourth-order valence-electron chi connectivity index (χ4n) is 4.13. The molecule has 0 aliphatic carbocycles. The lowest BCUT2D eigenvalue weighted by atomic mass is 10.1. The van der Waals surface area contributed by atoms with E-state index in [0.29, 0.717) is 24.2 Å². The molecule has 2 N–H and O–H groups in total. The number of benzene rings is 2. The van der Waals surface area contributed by atoms with E-state index in [4.69, 9.17) is 0 Å². The minimum Gasteiger partial charge on any atom is -0.361 e. The van der Waals surface area contributed by atoms with E-state index in [1.54, 1.807) is 16.8 Å². The van der Waals surface area contributed by atoms with Gasteiger partial charge < -0.3 is 14.9 Å². The molecule has 5 rings (SSSR count). The average molecular weight is 426 g/mol. The first kappa shape index (κ1) is 20.2. The lowest BCUT2D eigenvalue weighted by Gasteiger charge is -2.13. The summed E-state index contributed by atoms with van der Waals surface area (Å²) in [4.78, 5) is 20.9. The molecule has 32 heavy (non-hydrogen) atoms. The average Bonchev–Trinajstić information content (AvgIpc) is 3.23. The van der Waals surface area contributed by atoms with Crippen molar-refractivity contribution in [3.8, 4) is 0 Å². The van der Waals surface area contributed by atoms with Crippen LogP contribution in [0.25, 0.3) is 21.8 Å². The molecule has 0 amide bonds. The second kappa shape index (κ2) is 8.77. The van der Waals surface area contributed by atoms with Gasteiger partial charge in [-0.05, 0) is 66.4 Å². The number of hydrogen-bond donors (Lipinski definition) is 2. The Morgan fingerprint density at radius 2 is 1.88 bits per heavy atom. The molecular formula is C26H23FN4O. The zero-order valence-corrected chi connectivity index (χ0v) is 17.5. The number of rotatable bonds is 7. The molecule has 3 heterocycles. The van der Waals surface area contributed by atoms with Crippen LogP contribution in [0.1, 0.15) is 16.8 Å². The number of fused-ring (bicyclic) bond motifs is 2. The maximum absolute atomic E-state index is 13.9. The normalized spacial score (nSPS) is 11.4. The molecule has 6 heteroatoms. The number of aromatic amines is 1. The molecule has 0 fully saturated rings. The summed E-state index contributed by atoms with van der Waals surface area (Å²) < 4.78 is 15.5. The molecule has 2 aromatic carbocycles. The number of pyridine rings is 2. The van der Waals surface area contributed by atoms with Crippen LogP contribution in [0.15, 0.2) is 83.9 Å². The van der Waals surface area contributed by atoms with Crippen LogP contribution in [0, 0.1) is 5.82 Å². The second-order valence-electron chi connectivity index (χ2n) is 7.87. The van der Waals surface area contributed by atoms with Gasteiger partial charge in [-0.1, -0.05) is 24.3 Å². The largest absolute Gasteiger partial charge is 0.361 e. The predicted octanol–water partition coefficient (Wildman–Crippen LogP) is 4.40. The van der Waals surface area contributed by atoms with Gasteiger partial charge in [-0.15, -0.1) is 0 Å². The highest BCUT2D eigenvalue weighted by Crippen LogP contribution is 2.18. The number of H-pyrrole nitrogens is 1. The number of hydrogen-bond acceptors (Lipinski definition) is 3. The third-order valence-corrected chi connectivity index (χ3v) is 5.74. The van der Waals surface area contributed by atoms with Crippen LogP contribution >= 0.6 is 0 Å². The summed E-state index contributed by atoms with van der Waals surface area (Å²) in [7, 11) is 0. The zero-order valence-electron chi connectivity index (χ0n) is 17.5. The Balaban J connectivity index is 1.38. The summed E-state index contributed by atoms with van der Waals surface area (Å²) in [6.07, 6.45) is 4.58. The third kappa shape index (κ3) is 4.05. The predicted molar refractivity (Wildman–Crippen MR) is 125 cm³/mol. The van der Waals surface area contributed by atoms with Crippen molar-refractivity contribution in [3.05, 3.63) is 112 Å². The van der Waals surface area contributed by atoms with Gasteiger partial charge in [-0.3, -0.25) is 9.78 Å². The van der Waals surface area contributed by atoms with Crippen molar-refractivity contribution in [2.45, 2.75) is 19.5 Å². The highest BCUT2D eigenvalue weighted by Gasteiger charge is 2.11. The standard InChI is InChI=1S/C26H23FN4O/c27-21-9-8-18-13-20(15-28-12-10-19-16-30-24-7-2-1-6-23(19)24)26(32)31(25(18)14-21)17-22-5-3-4-11-29-22/h1-9,11,13-14,16,28,30H,10,12,15,17H2. The maximum Gasteiger partial charge on any atom is 0.255 e. The van der Waals surface area contributed by atoms with E-state index >= 15 is 0 Å². The summed E-state index contributed by atoms with van der Waals surface area (Å²) in [5, 5.41) is 5.45. The van der Waals surface area contributed by atoms with Gasteiger partial charge in [0.1, 0.15) is 5.82 Å². The summed E-state index contributed by atoms with van der Waals surface area (Å²) in [6, 6.07) is 20.2. The molecule has 0 aliphatic rings. The van der Waals surface area contributed by atoms with Gasteiger partial charge in [0.2, 0.25) is 0 Å². The van der Waals surface area contributed by atoms with Crippen LogP contribution in [0.5, 0.6) is 0 Å². The van der Waals surface area contributed by atoms with Crippen molar-refractivity contribution >= 4 is 21.8 Å². The molecular weight excluding hydrogens is 403 g/mol. The van der Waals surface area contributed by atoms with E-state index in [2.05, 4.69) is 27.4 Å². The number of nitrogens with zero attached hydrogens (tertiary/aromatic N) is 2. The van der Waals surface area contributed by atoms with Gasteiger partial charge in [0.15, 0.2) is 0 Å². The van der Waals surface area contributed by atoms with Crippen LogP contribution in [0.3, 0.4) is 0 Å². The molecule has 5 aromatic rings. The van der Waals surface area contributed by atoms with Crippen molar-refractivity contribution in [2.24, 2.45) is 0 Å². The molecule has 0 radical (unpaired) electrons. The molecule has 3 aromatic heterocycles. The summed E-state index contributed by atoms with van der Waals surface area (Å²) in [5.74, 6) is -0.365. The summed E-state index contributed by atoms with van der Waals surface area (Å²) >= 11 is 0. The highest BCUT2D eigenvalue weighted by molar-refractivity contribution is 5.83. The fraction of sp³-hybridized carbons (Fsp3) is 0.154. The fourth-order valence-corrected chi connectivity index (χ4v) is 4.13. The number of halogens is 1. The quantitative estimate of drug-likeness (QED) is 0.379. The Hall–Kier alpha value is -3.77. The first-order valence-corrected chi connectivity index (χ1v) is 10.7. The molecule has 0 atom stereocenters. The Bertz CT molecular complexity index is 1440. The van der Waals surface area contributed by atoms with Crippen molar-refractivity contribution in [2.75, 3.05) is 6.54 Å². The molecule has 5 nitrogen and oxygen atoms in total. The lowest BCUT2D eigenvalue weighted by Crippen LogP contribution is -2.29. The van der Waals surface area contributed by atoms with Crippen LogP contribution in [0.2, 0.25) is 0 Å². The number of aromatic nitrogens is 3. The van der Waals surface area contributed by atoms with Crippen LogP contribution < -0.4 is 10.9 Å². The van der Waals surface area contributed by atoms with E-state index in [-0.39, 0.29) is 11.4 Å². The Labute approximate surface area is 184 Å². The van der Waals surface area contributed by atoms with Crippen molar-refractivity contribution in [3.63, 3.8) is 0 Å². The Kier molecular flexibility index (Phi) is 5.52. The van der Waals surface area contributed by atoms with E-state index in [1.807, 2.05) is 42.6 Å². The topological polar surface area (TPSA) is 62.7 Å². The molecule has 0 unspecified atom stereocenters. The molecule has 0 spiro atoms. The summed E-state index contributed by atoms with van der Waals surface area (Å²) in [5.41, 5.74) is 4.22. The molecule has 160 valence electrons. The zero-order chi connectivity index (χ0) is 21.9. The second-order valence-corrected chi connectivity index (χ2v) is 7.87. The van der Waals surface area contributed by atoms with E-state index in [0.717, 1.165) is 29.6 Å². The first-order valence-electron chi connectivity index (χ1n) is 10.7. The Morgan fingerprint density at radius 1 is 1.00 bits per heavy atom. The van der Waals surface area contributed by atoms with E-state index in [1.165, 1.54) is 23.1 Å². The molecule has 0 saturated heterocycles. The summed E-state index contributed by atoms with van der Waals surface area (Å²) in [6.45, 7) is 1.47. The third-order valence-electron chi connectivity index (χ3n) is 5.74. The number of nitrogens with one attached hydrogen (secondary N) is 2. The van der Waals surface area contributed by atoms with E-state index in [9.17, 15) is 9.18 Å². The van der Waals surface area contributed by atoms with E-state index < -0.39 is 0 Å². The monoisotopic (exact) mass is 426 g/mol. The first-order chi connectivity index (χ1) is 15.7. The van der Waals surface area contributed by atoms with Gasteiger partial charge in [-0.25, -0.2) is 4.39 Å². The van der Waals surface area contributed by atoms with Gasteiger partial charge in [-0.2, -0.15) is 0 Å². The van der Waals surface area contributed by atoms with Gasteiger partial charge >= 0.3 is 0 Å². The van der Waals surface area contributed by atoms with Crippen molar-refractivity contribution in [1.82, 2.24) is 19.9 Å². The maximum atomic E-state index is 13.9. The van der Waals surface area contributed by atoms with Crippen molar-refractivity contribution in [1.29, 1.82) is 0 Å². The minimum atomic E-state index is -0.365. The Morgan fingerprint density at radius 3 is 2.75 bits per heavy atom. The van der Waals surface area contributed by atoms with Gasteiger partial charge in [0.25, 0.3) is 5.56 Å². The van der Waals surface area contributed by atoms with Crippen molar-refractivity contribution < 1.29 is 4.39 Å². The smallest absolute Gasteiger partial charge is 0.255 e. The van der Waals surface area contributed by atoms with Gasteiger partial charge in [0, 0.05) is 35.4 Å². The minimum absolute atomic E-state index is 0.131. The van der Waals surface area contributed by atoms with Crippen LogP contribution in [0.4, 0.5) is 4.39 Å². The molecule has 0 aliphatic heterocycles.